The third kappa shape index (κ3) is 3.93. The van der Waals surface area contributed by atoms with Crippen LogP contribution >= 0.6 is 0 Å². The number of rotatable bonds is 4. The summed E-state index contributed by atoms with van der Waals surface area (Å²) in [4.78, 5) is 23.8. The lowest BCUT2D eigenvalue weighted by Crippen LogP contribution is -2.35. The minimum Gasteiger partial charge on any atom is -0.493 e. The summed E-state index contributed by atoms with van der Waals surface area (Å²) in [6.07, 6.45) is 0.587. The highest BCUT2D eigenvalue weighted by Crippen LogP contribution is 2.31. The second-order valence-corrected chi connectivity index (χ2v) is 5.50. The van der Waals surface area contributed by atoms with Gasteiger partial charge in [0.15, 0.2) is 6.61 Å². The first-order valence-corrected chi connectivity index (χ1v) is 7.68. The molecule has 0 aliphatic carbocycles. The number of carbonyl (C=O) groups is 2. The standard InChI is InChI=1S/C18H15F2NO4/c19-11-5-6-12(14(20)9-11)18(23)25-10-17(22)21-15-7-8-24-16-4-2-1-3-13(15)16/h1-6,9,15H,7-8,10H2,(H,21,22). The van der Waals surface area contributed by atoms with E-state index in [1.165, 1.54) is 0 Å². The number of ether oxygens (including phenoxy) is 2. The predicted molar refractivity (Wildman–Crippen MR) is 84.1 cm³/mol. The van der Waals surface area contributed by atoms with Gasteiger partial charge in [-0.3, -0.25) is 4.79 Å². The quantitative estimate of drug-likeness (QED) is 0.864. The summed E-state index contributed by atoms with van der Waals surface area (Å²) in [5, 5.41) is 2.76. The molecular formula is C18H15F2NO4. The van der Waals surface area contributed by atoms with E-state index < -0.39 is 35.7 Å². The molecule has 2 aromatic rings. The van der Waals surface area contributed by atoms with Crippen molar-refractivity contribution in [1.29, 1.82) is 0 Å². The summed E-state index contributed by atoms with van der Waals surface area (Å²) in [6, 6.07) is 9.57. The van der Waals surface area contributed by atoms with Crippen LogP contribution < -0.4 is 10.1 Å². The van der Waals surface area contributed by atoms with E-state index in [9.17, 15) is 18.4 Å². The molecule has 5 nitrogen and oxygen atoms in total. The van der Waals surface area contributed by atoms with Crippen LogP contribution in [0.25, 0.3) is 0 Å². The molecule has 3 rings (SSSR count). The number of hydrogen-bond acceptors (Lipinski definition) is 4. The Labute approximate surface area is 142 Å². The van der Waals surface area contributed by atoms with Crippen LogP contribution in [-0.4, -0.2) is 25.1 Å². The maximum Gasteiger partial charge on any atom is 0.341 e. The van der Waals surface area contributed by atoms with Crippen LogP contribution in [-0.2, 0) is 9.53 Å². The first-order chi connectivity index (χ1) is 12.0. The molecule has 25 heavy (non-hydrogen) atoms. The first-order valence-electron chi connectivity index (χ1n) is 7.68. The van der Waals surface area contributed by atoms with E-state index in [0.717, 1.165) is 17.7 Å². The van der Waals surface area contributed by atoms with E-state index in [0.29, 0.717) is 24.8 Å². The van der Waals surface area contributed by atoms with Gasteiger partial charge in [0.1, 0.15) is 17.4 Å². The molecule has 0 bridgehead atoms. The molecule has 0 spiro atoms. The fourth-order valence-electron chi connectivity index (χ4n) is 2.59. The van der Waals surface area contributed by atoms with Crippen molar-refractivity contribution in [3.05, 3.63) is 65.2 Å². The highest BCUT2D eigenvalue weighted by molar-refractivity contribution is 5.91. The molecule has 0 saturated carbocycles. The maximum absolute atomic E-state index is 13.5. The van der Waals surface area contributed by atoms with Crippen molar-refractivity contribution in [2.24, 2.45) is 0 Å². The van der Waals surface area contributed by atoms with Crippen LogP contribution in [0, 0.1) is 11.6 Å². The second kappa shape index (κ2) is 7.29. The van der Waals surface area contributed by atoms with E-state index in [2.05, 4.69) is 5.32 Å². The third-order valence-corrected chi connectivity index (χ3v) is 3.78. The number of esters is 1. The number of amides is 1. The van der Waals surface area contributed by atoms with Gasteiger partial charge in [0.25, 0.3) is 5.91 Å². The van der Waals surface area contributed by atoms with Gasteiger partial charge in [0, 0.05) is 18.1 Å². The van der Waals surface area contributed by atoms with Crippen LogP contribution in [0.4, 0.5) is 8.78 Å². The summed E-state index contributed by atoms with van der Waals surface area (Å²) >= 11 is 0. The molecule has 1 aliphatic heterocycles. The molecule has 1 atom stereocenters. The van der Waals surface area contributed by atoms with E-state index in [-0.39, 0.29) is 6.04 Å². The second-order valence-electron chi connectivity index (χ2n) is 5.50. The van der Waals surface area contributed by atoms with Crippen molar-refractivity contribution in [3.63, 3.8) is 0 Å². The van der Waals surface area contributed by atoms with E-state index in [1.807, 2.05) is 24.3 Å². The Kier molecular flexibility index (Phi) is 4.92. The van der Waals surface area contributed by atoms with Gasteiger partial charge in [-0.2, -0.15) is 0 Å². The Bertz CT molecular complexity index is 809. The molecule has 7 heteroatoms. The van der Waals surface area contributed by atoms with Crippen LogP contribution in [0.2, 0.25) is 0 Å². The Hall–Kier alpha value is -2.96. The SMILES string of the molecule is O=C(COC(=O)c1ccc(F)cc1F)NC1CCOc2ccccc21. The average Bonchev–Trinajstić information content (AvgIpc) is 2.60. The molecule has 1 aliphatic rings. The van der Waals surface area contributed by atoms with E-state index >= 15 is 0 Å². The fourth-order valence-corrected chi connectivity index (χ4v) is 2.59. The topological polar surface area (TPSA) is 64.6 Å². The summed E-state index contributed by atoms with van der Waals surface area (Å²) < 4.78 is 36.6. The van der Waals surface area contributed by atoms with E-state index in [1.54, 1.807) is 0 Å². The molecule has 1 amide bonds. The molecule has 0 aromatic heterocycles. The molecule has 1 heterocycles. The normalized spacial score (nSPS) is 15.7. The number of para-hydroxylation sites is 1. The zero-order chi connectivity index (χ0) is 17.8. The first kappa shape index (κ1) is 16.9. The zero-order valence-electron chi connectivity index (χ0n) is 13.1. The maximum atomic E-state index is 13.5. The summed E-state index contributed by atoms with van der Waals surface area (Å²) in [7, 11) is 0. The van der Waals surface area contributed by atoms with Gasteiger partial charge in [-0.1, -0.05) is 18.2 Å². The number of nitrogens with one attached hydrogen (secondary N) is 1. The van der Waals surface area contributed by atoms with Gasteiger partial charge in [-0.15, -0.1) is 0 Å². The van der Waals surface area contributed by atoms with Gasteiger partial charge >= 0.3 is 5.97 Å². The number of benzene rings is 2. The monoisotopic (exact) mass is 347 g/mol. The minimum atomic E-state index is -1.04. The van der Waals surface area contributed by atoms with Gasteiger partial charge in [0.05, 0.1) is 18.2 Å². The number of hydrogen-bond donors (Lipinski definition) is 1. The largest absolute Gasteiger partial charge is 0.493 e. The number of halogens is 2. The van der Waals surface area contributed by atoms with Crippen LogP contribution in [0.3, 0.4) is 0 Å². The molecule has 0 saturated heterocycles. The molecule has 1 unspecified atom stereocenters. The number of carbonyl (C=O) groups excluding carboxylic acids is 2. The summed E-state index contributed by atoms with van der Waals surface area (Å²) in [5.41, 5.74) is 0.420. The van der Waals surface area contributed by atoms with Crippen molar-refractivity contribution < 1.29 is 27.8 Å². The fraction of sp³-hybridized carbons (Fsp3) is 0.222. The van der Waals surface area contributed by atoms with Gasteiger partial charge < -0.3 is 14.8 Å². The Morgan fingerprint density at radius 1 is 1.20 bits per heavy atom. The predicted octanol–water partition coefficient (Wildman–Crippen LogP) is 2.76. The molecule has 1 N–H and O–H groups in total. The van der Waals surface area contributed by atoms with E-state index in [4.69, 9.17) is 9.47 Å². The zero-order valence-corrected chi connectivity index (χ0v) is 13.1. The highest BCUT2D eigenvalue weighted by Gasteiger charge is 2.23. The van der Waals surface area contributed by atoms with Crippen molar-refractivity contribution in [1.82, 2.24) is 5.32 Å². The van der Waals surface area contributed by atoms with Gasteiger partial charge in [0.2, 0.25) is 0 Å². The molecule has 0 radical (unpaired) electrons. The van der Waals surface area contributed by atoms with Crippen molar-refractivity contribution in [3.8, 4) is 5.75 Å². The molecule has 2 aromatic carbocycles. The molecule has 130 valence electrons. The van der Waals surface area contributed by atoms with Crippen LogP contribution in [0.5, 0.6) is 5.75 Å². The summed E-state index contributed by atoms with van der Waals surface area (Å²) in [5.74, 6) is -2.68. The highest BCUT2D eigenvalue weighted by atomic mass is 19.1. The van der Waals surface area contributed by atoms with Crippen molar-refractivity contribution in [2.45, 2.75) is 12.5 Å². The van der Waals surface area contributed by atoms with Crippen LogP contribution in [0.15, 0.2) is 42.5 Å². The Balaban J connectivity index is 1.58. The lowest BCUT2D eigenvalue weighted by molar-refractivity contribution is -0.125. The Morgan fingerprint density at radius 3 is 2.80 bits per heavy atom. The van der Waals surface area contributed by atoms with Crippen molar-refractivity contribution >= 4 is 11.9 Å². The van der Waals surface area contributed by atoms with Crippen LogP contribution in [0.1, 0.15) is 28.4 Å². The molecule has 0 fully saturated rings. The third-order valence-electron chi connectivity index (χ3n) is 3.78. The molecular weight excluding hydrogens is 332 g/mol. The summed E-state index contributed by atoms with van der Waals surface area (Å²) in [6.45, 7) is -0.0995. The average molecular weight is 347 g/mol. The van der Waals surface area contributed by atoms with Gasteiger partial charge in [-0.25, -0.2) is 13.6 Å². The van der Waals surface area contributed by atoms with Crippen molar-refractivity contribution in [2.75, 3.05) is 13.2 Å². The Morgan fingerprint density at radius 2 is 2.00 bits per heavy atom. The van der Waals surface area contributed by atoms with Gasteiger partial charge in [-0.05, 0) is 18.2 Å². The smallest absolute Gasteiger partial charge is 0.341 e. The minimum absolute atomic E-state index is 0.251. The number of fused-ring (bicyclic) bond motifs is 1. The lowest BCUT2D eigenvalue weighted by Gasteiger charge is -2.26. The lowest BCUT2D eigenvalue weighted by atomic mass is 10.0.